The normalized spacial score (nSPS) is 12.1. The standard InChI is InChI=1S/C28H30Cl2N2O2S/c1-28(2,3)31-27(34)25(17-20-11-6-4-7-12-20)32(18-22-23(29)15-10-16-24(22)30)26(33)19-35-21-13-8-5-9-14-21/h4-16,25H,17-19H2,1-3H3,(H,31,34)/t25-/m1/s1. The Kier molecular flexibility index (Phi) is 9.67. The van der Waals surface area contributed by atoms with Crippen LogP contribution in [0.15, 0.2) is 83.8 Å². The minimum Gasteiger partial charge on any atom is -0.350 e. The smallest absolute Gasteiger partial charge is 0.243 e. The van der Waals surface area contributed by atoms with Crippen LogP contribution in [0.1, 0.15) is 31.9 Å². The summed E-state index contributed by atoms with van der Waals surface area (Å²) in [5, 5.41) is 3.98. The Morgan fingerprint density at radius 3 is 2.03 bits per heavy atom. The van der Waals surface area contributed by atoms with Crippen molar-refractivity contribution in [1.82, 2.24) is 10.2 Å². The fraction of sp³-hybridized carbons (Fsp3) is 0.286. The summed E-state index contributed by atoms with van der Waals surface area (Å²) in [4.78, 5) is 29.8. The van der Waals surface area contributed by atoms with Crippen molar-refractivity contribution in [3.05, 3.63) is 100 Å². The number of halogens is 2. The van der Waals surface area contributed by atoms with E-state index in [1.807, 2.05) is 81.4 Å². The summed E-state index contributed by atoms with van der Waals surface area (Å²) in [5.41, 5.74) is 1.12. The lowest BCUT2D eigenvalue weighted by Crippen LogP contribution is -2.54. The molecule has 3 aromatic rings. The van der Waals surface area contributed by atoms with Gasteiger partial charge in [0.1, 0.15) is 6.04 Å². The van der Waals surface area contributed by atoms with Crippen molar-refractivity contribution in [2.45, 2.75) is 50.2 Å². The lowest BCUT2D eigenvalue weighted by atomic mass is 10.0. The van der Waals surface area contributed by atoms with Gasteiger partial charge in [0, 0.05) is 39.0 Å². The van der Waals surface area contributed by atoms with E-state index in [-0.39, 0.29) is 24.1 Å². The minimum atomic E-state index is -0.743. The Hall–Kier alpha value is -2.47. The molecule has 3 rings (SSSR count). The Morgan fingerprint density at radius 2 is 1.46 bits per heavy atom. The molecule has 0 aromatic heterocycles. The lowest BCUT2D eigenvalue weighted by molar-refractivity contribution is -0.140. The van der Waals surface area contributed by atoms with Crippen LogP contribution < -0.4 is 5.32 Å². The molecule has 0 aliphatic heterocycles. The molecule has 0 unspecified atom stereocenters. The molecular weight excluding hydrogens is 499 g/mol. The molecule has 0 aliphatic carbocycles. The Balaban J connectivity index is 1.97. The van der Waals surface area contributed by atoms with Crippen LogP contribution in [0.3, 0.4) is 0 Å². The second kappa shape index (κ2) is 12.5. The van der Waals surface area contributed by atoms with Gasteiger partial charge in [-0.1, -0.05) is 77.8 Å². The van der Waals surface area contributed by atoms with Gasteiger partial charge in [0.15, 0.2) is 0 Å². The summed E-state index contributed by atoms with van der Waals surface area (Å²) in [6, 6.07) is 23.9. The van der Waals surface area contributed by atoms with Crippen molar-refractivity contribution in [3.8, 4) is 0 Å². The molecule has 35 heavy (non-hydrogen) atoms. The zero-order valence-electron chi connectivity index (χ0n) is 20.1. The molecule has 0 heterocycles. The first-order chi connectivity index (χ1) is 16.6. The second-order valence-electron chi connectivity index (χ2n) is 9.27. The Morgan fingerprint density at radius 1 is 0.886 bits per heavy atom. The first-order valence-electron chi connectivity index (χ1n) is 11.4. The SMILES string of the molecule is CC(C)(C)NC(=O)[C@@H](Cc1ccccc1)N(Cc1c(Cl)cccc1Cl)C(=O)CSc1ccccc1. The number of carbonyl (C=O) groups is 2. The molecule has 1 atom stereocenters. The second-order valence-corrected chi connectivity index (χ2v) is 11.1. The van der Waals surface area contributed by atoms with E-state index in [0.29, 0.717) is 22.0 Å². The highest BCUT2D eigenvalue weighted by atomic mass is 35.5. The quantitative estimate of drug-likeness (QED) is 0.316. The molecule has 1 N–H and O–H groups in total. The van der Waals surface area contributed by atoms with Crippen LogP contribution >= 0.6 is 35.0 Å². The summed E-state index contributed by atoms with van der Waals surface area (Å²) >= 11 is 14.4. The van der Waals surface area contributed by atoms with Crippen LogP contribution in [0, 0.1) is 0 Å². The van der Waals surface area contributed by atoms with E-state index in [0.717, 1.165) is 10.5 Å². The van der Waals surface area contributed by atoms with Crippen LogP contribution in [0.4, 0.5) is 0 Å². The predicted molar refractivity (Wildman–Crippen MR) is 146 cm³/mol. The van der Waals surface area contributed by atoms with Crippen LogP contribution in [-0.4, -0.2) is 34.0 Å². The highest BCUT2D eigenvalue weighted by Gasteiger charge is 2.33. The van der Waals surface area contributed by atoms with E-state index in [1.54, 1.807) is 23.1 Å². The zero-order valence-corrected chi connectivity index (χ0v) is 22.5. The van der Waals surface area contributed by atoms with Gasteiger partial charge in [-0.15, -0.1) is 11.8 Å². The van der Waals surface area contributed by atoms with Gasteiger partial charge in [0.05, 0.1) is 5.75 Å². The van der Waals surface area contributed by atoms with Gasteiger partial charge in [-0.3, -0.25) is 9.59 Å². The summed E-state index contributed by atoms with van der Waals surface area (Å²) in [5.74, 6) is -0.206. The van der Waals surface area contributed by atoms with Gasteiger partial charge in [-0.25, -0.2) is 0 Å². The number of nitrogens with zero attached hydrogens (tertiary/aromatic N) is 1. The van der Waals surface area contributed by atoms with Crippen molar-refractivity contribution in [3.63, 3.8) is 0 Å². The molecule has 0 saturated heterocycles. The fourth-order valence-corrected chi connectivity index (χ4v) is 4.93. The fourth-order valence-electron chi connectivity index (χ4n) is 3.61. The molecule has 4 nitrogen and oxygen atoms in total. The minimum absolute atomic E-state index is 0.127. The van der Waals surface area contributed by atoms with Gasteiger partial charge >= 0.3 is 0 Å². The van der Waals surface area contributed by atoms with E-state index in [4.69, 9.17) is 23.2 Å². The monoisotopic (exact) mass is 528 g/mol. The third-order valence-corrected chi connectivity index (χ3v) is 6.97. The van der Waals surface area contributed by atoms with Gasteiger partial charge in [-0.2, -0.15) is 0 Å². The molecule has 0 saturated carbocycles. The van der Waals surface area contributed by atoms with Crippen LogP contribution in [0.2, 0.25) is 10.0 Å². The van der Waals surface area contributed by atoms with Crippen LogP contribution in [0.25, 0.3) is 0 Å². The van der Waals surface area contributed by atoms with Gasteiger partial charge in [0.25, 0.3) is 0 Å². The van der Waals surface area contributed by atoms with E-state index >= 15 is 0 Å². The van der Waals surface area contributed by atoms with E-state index in [2.05, 4.69) is 5.32 Å². The van der Waals surface area contributed by atoms with Crippen molar-refractivity contribution in [1.29, 1.82) is 0 Å². The molecular formula is C28H30Cl2N2O2S. The number of benzene rings is 3. The molecule has 2 amide bonds. The van der Waals surface area contributed by atoms with E-state index < -0.39 is 11.6 Å². The molecule has 184 valence electrons. The van der Waals surface area contributed by atoms with Gasteiger partial charge in [0.2, 0.25) is 11.8 Å². The molecule has 0 bridgehead atoms. The van der Waals surface area contributed by atoms with E-state index in [9.17, 15) is 9.59 Å². The zero-order chi connectivity index (χ0) is 25.4. The first-order valence-corrected chi connectivity index (χ1v) is 13.1. The maximum Gasteiger partial charge on any atom is 0.243 e. The Labute approximate surface area is 222 Å². The molecule has 0 fully saturated rings. The third kappa shape index (κ3) is 8.31. The molecule has 0 radical (unpaired) electrons. The number of rotatable bonds is 9. The van der Waals surface area contributed by atoms with Crippen molar-refractivity contribution in [2.24, 2.45) is 0 Å². The lowest BCUT2D eigenvalue weighted by Gasteiger charge is -2.34. The number of hydrogen-bond donors (Lipinski definition) is 1. The Bertz CT molecular complexity index is 1110. The largest absolute Gasteiger partial charge is 0.350 e. The summed E-state index contributed by atoms with van der Waals surface area (Å²) in [7, 11) is 0. The highest BCUT2D eigenvalue weighted by molar-refractivity contribution is 8.00. The molecule has 7 heteroatoms. The van der Waals surface area contributed by atoms with Crippen molar-refractivity contribution < 1.29 is 9.59 Å². The average molecular weight is 530 g/mol. The van der Waals surface area contributed by atoms with Crippen molar-refractivity contribution >= 4 is 46.8 Å². The molecule has 0 aliphatic rings. The number of amides is 2. The first kappa shape index (κ1) is 27.1. The topological polar surface area (TPSA) is 49.4 Å². The average Bonchev–Trinajstić information content (AvgIpc) is 2.81. The third-order valence-electron chi connectivity index (χ3n) is 5.26. The predicted octanol–water partition coefficient (Wildman–Crippen LogP) is 6.64. The maximum absolute atomic E-state index is 13.7. The van der Waals surface area contributed by atoms with Crippen LogP contribution in [-0.2, 0) is 22.6 Å². The number of carbonyl (C=O) groups excluding carboxylic acids is 2. The number of hydrogen-bond acceptors (Lipinski definition) is 3. The number of thioether (sulfide) groups is 1. The summed E-state index contributed by atoms with van der Waals surface area (Å²) < 4.78 is 0. The highest BCUT2D eigenvalue weighted by Crippen LogP contribution is 2.28. The van der Waals surface area contributed by atoms with Gasteiger partial charge < -0.3 is 10.2 Å². The van der Waals surface area contributed by atoms with Gasteiger partial charge in [-0.05, 0) is 50.6 Å². The maximum atomic E-state index is 13.7. The summed E-state index contributed by atoms with van der Waals surface area (Å²) in [6.07, 6.45) is 0.368. The number of nitrogens with one attached hydrogen (secondary N) is 1. The summed E-state index contributed by atoms with van der Waals surface area (Å²) in [6.45, 7) is 5.90. The molecule has 3 aromatic carbocycles. The van der Waals surface area contributed by atoms with Crippen LogP contribution in [0.5, 0.6) is 0 Å². The van der Waals surface area contributed by atoms with E-state index in [1.165, 1.54) is 11.8 Å². The molecule has 0 spiro atoms. The van der Waals surface area contributed by atoms with Crippen molar-refractivity contribution in [2.75, 3.05) is 5.75 Å².